The molecule has 0 radical (unpaired) electrons. The molecular weight excluding hydrogens is 289 g/mol. The lowest BCUT2D eigenvalue weighted by Gasteiger charge is -2.37. The van der Waals surface area contributed by atoms with Gasteiger partial charge in [0, 0.05) is 18.0 Å². The molecule has 1 aromatic rings. The highest BCUT2D eigenvalue weighted by Crippen LogP contribution is 2.43. The van der Waals surface area contributed by atoms with E-state index in [9.17, 15) is 9.18 Å². The fourth-order valence-corrected chi connectivity index (χ4v) is 4.66. The highest BCUT2D eigenvalue weighted by Gasteiger charge is 2.31. The molecule has 1 aromatic carbocycles. The molecule has 0 amide bonds. The molecule has 2 aliphatic carbocycles. The van der Waals surface area contributed by atoms with Gasteiger partial charge in [-0.1, -0.05) is 12.1 Å². The molecule has 0 saturated heterocycles. The third-order valence-corrected chi connectivity index (χ3v) is 6.22. The molecule has 2 nitrogen and oxygen atoms in total. The van der Waals surface area contributed by atoms with E-state index in [1.165, 1.54) is 38.5 Å². The molecular formula is C20H28FNO. The van der Waals surface area contributed by atoms with Crippen molar-refractivity contribution < 1.29 is 9.18 Å². The van der Waals surface area contributed by atoms with E-state index in [2.05, 4.69) is 6.07 Å². The zero-order valence-corrected chi connectivity index (χ0v) is 13.8. The molecule has 0 aromatic heterocycles. The Labute approximate surface area is 138 Å². The lowest BCUT2D eigenvalue weighted by molar-refractivity contribution is -0.112. The van der Waals surface area contributed by atoms with Crippen LogP contribution in [0.2, 0.25) is 0 Å². The van der Waals surface area contributed by atoms with Gasteiger partial charge in [0.15, 0.2) is 0 Å². The molecule has 0 bridgehead atoms. The maximum Gasteiger partial charge on any atom is 0.127 e. The normalized spacial score (nSPS) is 31.7. The van der Waals surface area contributed by atoms with Gasteiger partial charge in [-0.2, -0.15) is 0 Å². The molecule has 2 aliphatic rings. The third-order valence-electron chi connectivity index (χ3n) is 6.22. The first-order valence-electron chi connectivity index (χ1n) is 9.15. The van der Waals surface area contributed by atoms with E-state index in [0.717, 1.165) is 36.5 Å². The van der Waals surface area contributed by atoms with Gasteiger partial charge in [-0.15, -0.1) is 0 Å². The number of aldehydes is 1. The summed E-state index contributed by atoms with van der Waals surface area (Å²) in [5.74, 6) is 2.28. The Morgan fingerprint density at radius 3 is 2.13 bits per heavy atom. The van der Waals surface area contributed by atoms with Crippen molar-refractivity contribution in [2.75, 3.05) is 0 Å². The Morgan fingerprint density at radius 1 is 1.00 bits per heavy atom. The Kier molecular flexibility index (Phi) is 5.47. The van der Waals surface area contributed by atoms with Gasteiger partial charge in [-0.25, -0.2) is 4.39 Å². The first kappa shape index (κ1) is 16.6. The summed E-state index contributed by atoms with van der Waals surface area (Å²) in [5.41, 5.74) is 7.29. The van der Waals surface area contributed by atoms with Crippen molar-refractivity contribution in [2.24, 2.45) is 23.5 Å². The molecule has 3 heteroatoms. The van der Waals surface area contributed by atoms with E-state index >= 15 is 0 Å². The number of nitrogens with two attached hydrogens (primary N) is 1. The van der Waals surface area contributed by atoms with Crippen molar-refractivity contribution in [2.45, 2.75) is 63.8 Å². The number of hydrogen-bond donors (Lipinski definition) is 1. The van der Waals surface area contributed by atoms with E-state index in [-0.39, 0.29) is 12.4 Å². The summed E-state index contributed by atoms with van der Waals surface area (Å²) in [5, 5.41) is 0. The van der Waals surface area contributed by atoms with Gasteiger partial charge in [-0.3, -0.25) is 0 Å². The SMILES string of the molecule is NCc1ccc([C@H]2CC[C@H](C3CCC(C=O)CC3)CC2)cc1F. The summed E-state index contributed by atoms with van der Waals surface area (Å²) < 4.78 is 13.9. The zero-order valence-electron chi connectivity index (χ0n) is 13.8. The zero-order chi connectivity index (χ0) is 16.2. The van der Waals surface area contributed by atoms with Crippen LogP contribution >= 0.6 is 0 Å². The second-order valence-corrected chi connectivity index (χ2v) is 7.48. The lowest BCUT2D eigenvalue weighted by atomic mass is 9.68. The molecule has 0 aliphatic heterocycles. The Hall–Kier alpha value is -1.22. The maximum absolute atomic E-state index is 13.9. The number of halogens is 1. The number of benzene rings is 1. The van der Waals surface area contributed by atoms with Crippen LogP contribution in [-0.4, -0.2) is 6.29 Å². The van der Waals surface area contributed by atoms with Crippen molar-refractivity contribution in [1.82, 2.24) is 0 Å². The van der Waals surface area contributed by atoms with Crippen LogP contribution in [0.25, 0.3) is 0 Å². The van der Waals surface area contributed by atoms with Crippen LogP contribution < -0.4 is 5.73 Å². The minimum absolute atomic E-state index is 0.153. The Morgan fingerprint density at radius 2 is 1.61 bits per heavy atom. The minimum Gasteiger partial charge on any atom is -0.326 e. The van der Waals surface area contributed by atoms with Crippen molar-refractivity contribution in [3.05, 3.63) is 35.1 Å². The summed E-state index contributed by atoms with van der Waals surface area (Å²) >= 11 is 0. The molecule has 23 heavy (non-hydrogen) atoms. The monoisotopic (exact) mass is 317 g/mol. The molecule has 3 rings (SSSR count). The Balaban J connectivity index is 1.54. The van der Waals surface area contributed by atoms with Crippen molar-refractivity contribution in [3.8, 4) is 0 Å². The number of carbonyl (C=O) groups is 1. The maximum atomic E-state index is 13.9. The first-order chi connectivity index (χ1) is 11.2. The highest BCUT2D eigenvalue weighted by molar-refractivity contribution is 5.53. The predicted molar refractivity (Wildman–Crippen MR) is 90.5 cm³/mol. The van der Waals surface area contributed by atoms with Crippen molar-refractivity contribution in [1.29, 1.82) is 0 Å². The smallest absolute Gasteiger partial charge is 0.127 e. The highest BCUT2D eigenvalue weighted by atomic mass is 19.1. The molecule has 2 fully saturated rings. The number of hydrogen-bond acceptors (Lipinski definition) is 2. The van der Waals surface area contributed by atoms with Crippen LogP contribution in [0.5, 0.6) is 0 Å². The average molecular weight is 317 g/mol. The van der Waals surface area contributed by atoms with E-state index in [4.69, 9.17) is 5.73 Å². The molecule has 2 N–H and O–H groups in total. The van der Waals surface area contributed by atoms with E-state index < -0.39 is 0 Å². The lowest BCUT2D eigenvalue weighted by Crippen LogP contribution is -2.25. The van der Waals surface area contributed by atoms with Crippen LogP contribution in [0.1, 0.15) is 68.4 Å². The molecule has 0 atom stereocenters. The quantitative estimate of drug-likeness (QED) is 0.827. The van der Waals surface area contributed by atoms with Crippen LogP contribution in [0.4, 0.5) is 4.39 Å². The van der Waals surface area contributed by atoms with Crippen molar-refractivity contribution >= 4 is 6.29 Å². The van der Waals surface area contributed by atoms with Gasteiger partial charge in [-0.05, 0) is 80.8 Å². The molecule has 0 spiro atoms. The van der Waals surface area contributed by atoms with Crippen LogP contribution in [0, 0.1) is 23.6 Å². The topological polar surface area (TPSA) is 43.1 Å². The second-order valence-electron chi connectivity index (χ2n) is 7.48. The fourth-order valence-electron chi connectivity index (χ4n) is 4.66. The van der Waals surface area contributed by atoms with Crippen LogP contribution in [0.3, 0.4) is 0 Å². The van der Waals surface area contributed by atoms with Gasteiger partial charge < -0.3 is 10.5 Å². The van der Waals surface area contributed by atoms with Crippen LogP contribution in [-0.2, 0) is 11.3 Å². The van der Waals surface area contributed by atoms with E-state index in [1.54, 1.807) is 6.07 Å². The summed E-state index contributed by atoms with van der Waals surface area (Å²) in [4.78, 5) is 10.9. The Bertz CT molecular complexity index is 528. The fraction of sp³-hybridized carbons (Fsp3) is 0.650. The summed E-state index contributed by atoms with van der Waals surface area (Å²) in [6, 6.07) is 5.60. The summed E-state index contributed by atoms with van der Waals surface area (Å²) in [6.45, 7) is 0.266. The predicted octanol–water partition coefficient (Wildman–Crippen LogP) is 4.56. The second kappa shape index (κ2) is 7.57. The van der Waals surface area contributed by atoms with Gasteiger partial charge in [0.25, 0.3) is 0 Å². The van der Waals surface area contributed by atoms with Crippen molar-refractivity contribution in [3.63, 3.8) is 0 Å². The number of rotatable bonds is 4. The van der Waals surface area contributed by atoms with E-state index in [0.29, 0.717) is 17.4 Å². The minimum atomic E-state index is -0.153. The van der Waals surface area contributed by atoms with Gasteiger partial charge >= 0.3 is 0 Å². The molecule has 0 unspecified atom stereocenters. The average Bonchev–Trinajstić information content (AvgIpc) is 2.62. The molecule has 126 valence electrons. The molecule has 0 heterocycles. The third kappa shape index (κ3) is 3.82. The van der Waals surface area contributed by atoms with Gasteiger partial charge in [0.1, 0.15) is 12.1 Å². The van der Waals surface area contributed by atoms with E-state index in [1.807, 2.05) is 6.07 Å². The molecule has 2 saturated carbocycles. The summed E-state index contributed by atoms with van der Waals surface area (Å²) in [6.07, 6.45) is 10.6. The summed E-state index contributed by atoms with van der Waals surface area (Å²) in [7, 11) is 0. The van der Waals surface area contributed by atoms with Gasteiger partial charge in [0.05, 0.1) is 0 Å². The van der Waals surface area contributed by atoms with Crippen LogP contribution in [0.15, 0.2) is 18.2 Å². The largest absolute Gasteiger partial charge is 0.326 e. The first-order valence-corrected chi connectivity index (χ1v) is 9.15. The standard InChI is InChI=1S/C20H28FNO/c21-20-11-18(9-10-19(20)12-22)17-7-5-16(6-8-17)15-3-1-14(13-23)2-4-15/h9-11,13-17H,1-8,12,22H2/t14?,15?,16-,17-. The number of carbonyl (C=O) groups excluding carboxylic acids is 1. The van der Waals surface area contributed by atoms with Gasteiger partial charge in [0.2, 0.25) is 0 Å².